The maximum Gasteiger partial charge on any atom is 0.135 e. The molecule has 210 valence electrons. The van der Waals surface area contributed by atoms with E-state index >= 15 is 0 Å². The molecule has 0 radical (unpaired) electrons. The SMILES string of the molecule is c1ccc2cc(-c3ccc(-c4ccc(-c5cccc6c(-c7cccc8ccccc78)cccc56)o4)c4ccccc34)ccc2c1. The topological polar surface area (TPSA) is 13.1 Å². The van der Waals surface area contributed by atoms with E-state index in [2.05, 4.69) is 170 Å². The Labute approximate surface area is 261 Å². The zero-order valence-electron chi connectivity index (χ0n) is 24.6. The Morgan fingerprint density at radius 3 is 1.49 bits per heavy atom. The van der Waals surface area contributed by atoms with Crippen LogP contribution in [0.3, 0.4) is 0 Å². The summed E-state index contributed by atoms with van der Waals surface area (Å²) in [5, 5.41) is 9.80. The zero-order chi connectivity index (χ0) is 29.7. The molecule has 1 heteroatoms. The fraction of sp³-hybridized carbons (Fsp3) is 0. The largest absolute Gasteiger partial charge is 0.456 e. The van der Waals surface area contributed by atoms with Crippen molar-refractivity contribution in [2.75, 3.05) is 0 Å². The van der Waals surface area contributed by atoms with Gasteiger partial charge in [-0.15, -0.1) is 0 Å². The fourth-order valence-electron chi connectivity index (χ4n) is 6.97. The summed E-state index contributed by atoms with van der Waals surface area (Å²) in [7, 11) is 0. The molecule has 8 aromatic carbocycles. The Morgan fingerprint density at radius 2 is 0.733 bits per heavy atom. The molecule has 1 aromatic heterocycles. The van der Waals surface area contributed by atoms with E-state index in [0.29, 0.717) is 0 Å². The molecular formula is C44H28O. The molecule has 0 fully saturated rings. The molecule has 1 heterocycles. The van der Waals surface area contributed by atoms with Crippen LogP contribution < -0.4 is 0 Å². The monoisotopic (exact) mass is 572 g/mol. The second kappa shape index (κ2) is 10.4. The second-order valence-corrected chi connectivity index (χ2v) is 11.7. The second-order valence-electron chi connectivity index (χ2n) is 11.7. The summed E-state index contributed by atoms with van der Waals surface area (Å²) < 4.78 is 6.69. The molecule has 0 N–H and O–H groups in total. The van der Waals surface area contributed by atoms with Gasteiger partial charge in [-0.3, -0.25) is 0 Å². The summed E-state index contributed by atoms with van der Waals surface area (Å²) in [6, 6.07) is 60.8. The molecule has 0 atom stereocenters. The van der Waals surface area contributed by atoms with E-state index in [9.17, 15) is 0 Å². The third-order valence-corrected chi connectivity index (χ3v) is 9.12. The number of furan rings is 1. The summed E-state index contributed by atoms with van der Waals surface area (Å²) in [6.07, 6.45) is 0. The van der Waals surface area contributed by atoms with Crippen molar-refractivity contribution in [1.29, 1.82) is 0 Å². The lowest BCUT2D eigenvalue weighted by molar-refractivity contribution is 0.598. The van der Waals surface area contributed by atoms with Gasteiger partial charge in [0, 0.05) is 11.1 Å². The minimum atomic E-state index is 0.869. The van der Waals surface area contributed by atoms with Crippen LogP contribution in [0.15, 0.2) is 174 Å². The first-order chi connectivity index (χ1) is 22.3. The average Bonchev–Trinajstić information content (AvgIpc) is 3.60. The molecule has 0 bridgehead atoms. The minimum Gasteiger partial charge on any atom is -0.456 e. The lowest BCUT2D eigenvalue weighted by Crippen LogP contribution is -1.86. The van der Waals surface area contributed by atoms with Gasteiger partial charge in [-0.1, -0.05) is 146 Å². The molecule has 9 rings (SSSR count). The molecule has 0 unspecified atom stereocenters. The van der Waals surface area contributed by atoms with Crippen LogP contribution in [0.4, 0.5) is 0 Å². The van der Waals surface area contributed by atoms with Crippen LogP contribution in [-0.4, -0.2) is 0 Å². The summed E-state index contributed by atoms with van der Waals surface area (Å²) in [5.41, 5.74) is 7.11. The number of hydrogen-bond donors (Lipinski definition) is 0. The van der Waals surface area contributed by atoms with Crippen molar-refractivity contribution in [3.05, 3.63) is 170 Å². The maximum absolute atomic E-state index is 6.69. The zero-order valence-corrected chi connectivity index (χ0v) is 24.6. The predicted molar refractivity (Wildman–Crippen MR) is 190 cm³/mol. The lowest BCUT2D eigenvalue weighted by atomic mass is 9.92. The maximum atomic E-state index is 6.69. The van der Waals surface area contributed by atoms with Crippen LogP contribution in [-0.2, 0) is 0 Å². The smallest absolute Gasteiger partial charge is 0.135 e. The summed E-state index contributed by atoms with van der Waals surface area (Å²) in [4.78, 5) is 0. The first-order valence-electron chi connectivity index (χ1n) is 15.4. The molecule has 0 spiro atoms. The van der Waals surface area contributed by atoms with E-state index < -0.39 is 0 Å². The van der Waals surface area contributed by atoms with Gasteiger partial charge in [-0.05, 0) is 89.6 Å². The standard InChI is InChI=1S/C44H28O/c1-2-12-31-28-32(23-22-29(31)10-1)34-24-25-42(39-16-6-5-15-35(34)39)44-27-26-43(45-44)41-21-9-19-38-37(18-8-20-40(38)41)36-17-7-13-30-11-3-4-14-33(30)36/h1-28H. The molecule has 1 nitrogen and oxygen atoms in total. The van der Waals surface area contributed by atoms with Gasteiger partial charge in [0.2, 0.25) is 0 Å². The average molecular weight is 573 g/mol. The Hall–Kier alpha value is -5.92. The van der Waals surface area contributed by atoms with Gasteiger partial charge in [0.15, 0.2) is 0 Å². The number of fused-ring (bicyclic) bond motifs is 4. The van der Waals surface area contributed by atoms with Crippen molar-refractivity contribution in [2.45, 2.75) is 0 Å². The van der Waals surface area contributed by atoms with Crippen molar-refractivity contribution in [1.82, 2.24) is 0 Å². The van der Waals surface area contributed by atoms with E-state index in [-0.39, 0.29) is 0 Å². The van der Waals surface area contributed by atoms with Crippen molar-refractivity contribution in [3.8, 4) is 44.9 Å². The summed E-state index contributed by atoms with van der Waals surface area (Å²) in [6.45, 7) is 0. The summed E-state index contributed by atoms with van der Waals surface area (Å²) in [5.74, 6) is 1.74. The van der Waals surface area contributed by atoms with Crippen molar-refractivity contribution >= 4 is 43.1 Å². The molecule has 45 heavy (non-hydrogen) atoms. The highest BCUT2D eigenvalue weighted by Gasteiger charge is 2.16. The highest BCUT2D eigenvalue weighted by Crippen LogP contribution is 2.41. The fourth-order valence-corrected chi connectivity index (χ4v) is 6.97. The Morgan fingerprint density at radius 1 is 0.267 bits per heavy atom. The Bertz CT molecular complexity index is 2540. The number of rotatable bonds is 4. The summed E-state index contributed by atoms with van der Waals surface area (Å²) >= 11 is 0. The van der Waals surface area contributed by atoms with Crippen LogP contribution in [0.25, 0.3) is 88.0 Å². The van der Waals surface area contributed by atoms with Crippen LogP contribution >= 0.6 is 0 Å². The predicted octanol–water partition coefficient (Wildman–Crippen LogP) is 12.6. The number of hydrogen-bond acceptors (Lipinski definition) is 1. The molecule has 0 amide bonds. The lowest BCUT2D eigenvalue weighted by Gasteiger charge is -2.13. The molecule has 0 aliphatic carbocycles. The number of benzene rings is 8. The van der Waals surface area contributed by atoms with Gasteiger partial charge in [-0.25, -0.2) is 0 Å². The van der Waals surface area contributed by atoms with Crippen LogP contribution in [0.2, 0.25) is 0 Å². The van der Waals surface area contributed by atoms with E-state index in [1.54, 1.807) is 0 Å². The van der Waals surface area contributed by atoms with Crippen LogP contribution in [0.5, 0.6) is 0 Å². The van der Waals surface area contributed by atoms with Crippen molar-refractivity contribution in [2.24, 2.45) is 0 Å². The molecule has 0 saturated heterocycles. The van der Waals surface area contributed by atoms with Gasteiger partial charge in [0.1, 0.15) is 11.5 Å². The first-order valence-corrected chi connectivity index (χ1v) is 15.4. The molecular weight excluding hydrogens is 544 g/mol. The van der Waals surface area contributed by atoms with Gasteiger partial charge < -0.3 is 4.42 Å². The first kappa shape index (κ1) is 25.6. The van der Waals surface area contributed by atoms with Gasteiger partial charge in [-0.2, -0.15) is 0 Å². The van der Waals surface area contributed by atoms with E-state index in [0.717, 1.165) is 22.6 Å². The third-order valence-electron chi connectivity index (χ3n) is 9.12. The van der Waals surface area contributed by atoms with Crippen LogP contribution in [0.1, 0.15) is 0 Å². The Balaban J connectivity index is 1.15. The minimum absolute atomic E-state index is 0.869. The van der Waals surface area contributed by atoms with Gasteiger partial charge in [0.05, 0.1) is 0 Å². The van der Waals surface area contributed by atoms with Crippen LogP contribution in [0, 0.1) is 0 Å². The quantitative estimate of drug-likeness (QED) is 0.204. The van der Waals surface area contributed by atoms with E-state index in [1.165, 1.54) is 65.3 Å². The van der Waals surface area contributed by atoms with E-state index in [4.69, 9.17) is 4.42 Å². The third kappa shape index (κ3) is 4.24. The van der Waals surface area contributed by atoms with E-state index in [1.807, 2.05) is 0 Å². The normalized spacial score (nSPS) is 11.6. The van der Waals surface area contributed by atoms with Gasteiger partial charge >= 0.3 is 0 Å². The highest BCUT2D eigenvalue weighted by molar-refractivity contribution is 6.09. The molecule has 0 aliphatic heterocycles. The van der Waals surface area contributed by atoms with Gasteiger partial charge in [0.25, 0.3) is 0 Å². The van der Waals surface area contributed by atoms with Crippen molar-refractivity contribution < 1.29 is 4.42 Å². The molecule has 9 aromatic rings. The highest BCUT2D eigenvalue weighted by atomic mass is 16.3. The molecule has 0 aliphatic rings. The Kier molecular flexibility index (Phi) is 5.89. The molecule has 0 saturated carbocycles. The van der Waals surface area contributed by atoms with Crippen molar-refractivity contribution in [3.63, 3.8) is 0 Å².